The molecule has 2 aromatic rings. The molecule has 9 nitrogen and oxygen atoms in total. The summed E-state index contributed by atoms with van der Waals surface area (Å²) in [4.78, 5) is 42.8. The molecule has 3 fully saturated rings. The van der Waals surface area contributed by atoms with Gasteiger partial charge in [-0.3, -0.25) is 19.4 Å². The van der Waals surface area contributed by atoms with Crippen molar-refractivity contribution in [2.75, 3.05) is 47.8 Å². The lowest BCUT2D eigenvalue weighted by Gasteiger charge is -2.40. The van der Waals surface area contributed by atoms with E-state index in [2.05, 4.69) is 63.5 Å². The molecule has 1 saturated carbocycles. The minimum absolute atomic E-state index is 0.0894. The minimum Gasteiger partial charge on any atom is -0.369 e. The van der Waals surface area contributed by atoms with Crippen LogP contribution in [0.1, 0.15) is 51.5 Å². The van der Waals surface area contributed by atoms with E-state index >= 15 is 0 Å². The highest BCUT2D eigenvalue weighted by Crippen LogP contribution is 2.44. The van der Waals surface area contributed by atoms with Gasteiger partial charge in [-0.1, -0.05) is 12.8 Å². The molecule has 37 heavy (non-hydrogen) atoms. The molecule has 2 N–H and O–H groups in total. The number of aromatic nitrogens is 2. The molecule has 1 aromatic carbocycles. The van der Waals surface area contributed by atoms with Crippen LogP contribution in [0.15, 0.2) is 30.5 Å². The van der Waals surface area contributed by atoms with E-state index in [9.17, 15) is 9.59 Å². The van der Waals surface area contributed by atoms with Crippen LogP contribution in [0.3, 0.4) is 0 Å². The second-order valence-electron chi connectivity index (χ2n) is 11.2. The predicted molar refractivity (Wildman–Crippen MR) is 144 cm³/mol. The number of nitrogens with one attached hydrogen (secondary N) is 2. The molecular formula is C28H37N7O2. The van der Waals surface area contributed by atoms with E-state index < -0.39 is 5.41 Å². The van der Waals surface area contributed by atoms with E-state index in [1.54, 1.807) is 6.20 Å². The topological polar surface area (TPSA) is 93.7 Å². The maximum absolute atomic E-state index is 13.8. The van der Waals surface area contributed by atoms with Crippen LogP contribution >= 0.6 is 0 Å². The number of amides is 2. The SMILES string of the molecule is CC(C)N1CCN(c2ccc(Nc3ncc4c(n3)N(C3CCCC3)C(=O)[C@]3(CCNC3=O)C4)cc2)CC1. The quantitative estimate of drug-likeness (QED) is 0.606. The first-order valence-electron chi connectivity index (χ1n) is 13.8. The number of benzene rings is 1. The van der Waals surface area contributed by atoms with Crippen molar-refractivity contribution in [1.82, 2.24) is 20.2 Å². The van der Waals surface area contributed by atoms with Crippen LogP contribution in [0.25, 0.3) is 0 Å². The zero-order chi connectivity index (χ0) is 25.6. The summed E-state index contributed by atoms with van der Waals surface area (Å²) in [5.41, 5.74) is 2.00. The van der Waals surface area contributed by atoms with E-state index in [0.717, 1.165) is 63.1 Å². The van der Waals surface area contributed by atoms with Crippen molar-refractivity contribution in [3.8, 4) is 0 Å². The van der Waals surface area contributed by atoms with Crippen molar-refractivity contribution in [3.63, 3.8) is 0 Å². The van der Waals surface area contributed by atoms with E-state index in [1.165, 1.54) is 5.69 Å². The maximum Gasteiger partial charge on any atom is 0.244 e. The molecule has 0 bridgehead atoms. The lowest BCUT2D eigenvalue weighted by atomic mass is 9.76. The van der Waals surface area contributed by atoms with Gasteiger partial charge in [-0.15, -0.1) is 0 Å². The summed E-state index contributed by atoms with van der Waals surface area (Å²) < 4.78 is 0. The molecule has 4 aliphatic rings. The van der Waals surface area contributed by atoms with Crippen molar-refractivity contribution in [2.45, 2.75) is 64.5 Å². The number of piperazine rings is 1. The Bertz CT molecular complexity index is 1170. The van der Waals surface area contributed by atoms with Crippen LogP contribution in [0.2, 0.25) is 0 Å². The highest BCUT2D eigenvalue weighted by molar-refractivity contribution is 6.14. The Morgan fingerprint density at radius 2 is 1.78 bits per heavy atom. The Hall–Kier alpha value is -3.20. The average molecular weight is 504 g/mol. The summed E-state index contributed by atoms with van der Waals surface area (Å²) in [6, 6.07) is 9.08. The Morgan fingerprint density at radius 3 is 2.43 bits per heavy atom. The van der Waals surface area contributed by atoms with Gasteiger partial charge in [0.2, 0.25) is 17.8 Å². The van der Waals surface area contributed by atoms with Gasteiger partial charge in [0.05, 0.1) is 0 Å². The van der Waals surface area contributed by atoms with E-state index in [1.807, 2.05) is 4.90 Å². The second kappa shape index (κ2) is 9.59. The molecule has 4 heterocycles. The van der Waals surface area contributed by atoms with Crippen LogP contribution in [0.5, 0.6) is 0 Å². The van der Waals surface area contributed by atoms with Crippen molar-refractivity contribution >= 4 is 35.0 Å². The zero-order valence-electron chi connectivity index (χ0n) is 21.9. The van der Waals surface area contributed by atoms with Crippen LogP contribution in [0, 0.1) is 5.41 Å². The first-order chi connectivity index (χ1) is 17.9. The van der Waals surface area contributed by atoms with E-state index in [0.29, 0.717) is 37.2 Å². The third-order valence-corrected chi connectivity index (χ3v) is 8.69. The molecule has 1 atom stereocenters. The van der Waals surface area contributed by atoms with Gasteiger partial charge in [-0.05, 0) is 57.4 Å². The summed E-state index contributed by atoms with van der Waals surface area (Å²) in [7, 11) is 0. The molecule has 9 heteroatoms. The van der Waals surface area contributed by atoms with Crippen LogP contribution in [0.4, 0.5) is 23.1 Å². The van der Waals surface area contributed by atoms with Crippen LogP contribution < -0.4 is 20.4 Å². The average Bonchev–Trinajstić information content (AvgIpc) is 3.56. The van der Waals surface area contributed by atoms with Crippen LogP contribution in [-0.4, -0.2) is 71.5 Å². The summed E-state index contributed by atoms with van der Waals surface area (Å²) in [5, 5.41) is 6.22. The molecule has 2 saturated heterocycles. The van der Waals surface area contributed by atoms with Gasteiger partial charge >= 0.3 is 0 Å². The van der Waals surface area contributed by atoms with Crippen molar-refractivity contribution in [2.24, 2.45) is 5.41 Å². The third-order valence-electron chi connectivity index (χ3n) is 8.69. The lowest BCUT2D eigenvalue weighted by molar-refractivity contribution is -0.140. The summed E-state index contributed by atoms with van der Waals surface area (Å²) in [6.07, 6.45) is 6.79. The van der Waals surface area contributed by atoms with Crippen LogP contribution in [-0.2, 0) is 16.0 Å². The Labute approximate surface area is 218 Å². The Morgan fingerprint density at radius 1 is 1.05 bits per heavy atom. The molecule has 3 aliphatic heterocycles. The number of hydrogen-bond acceptors (Lipinski definition) is 7. The zero-order valence-corrected chi connectivity index (χ0v) is 21.9. The van der Waals surface area contributed by atoms with Gasteiger partial charge in [0, 0.05) is 74.4 Å². The van der Waals surface area contributed by atoms with Crippen molar-refractivity contribution in [1.29, 1.82) is 0 Å². The normalized spacial score (nSPS) is 24.7. The largest absolute Gasteiger partial charge is 0.369 e. The Kier molecular flexibility index (Phi) is 6.26. The maximum atomic E-state index is 13.8. The van der Waals surface area contributed by atoms with Crippen molar-refractivity contribution < 1.29 is 9.59 Å². The van der Waals surface area contributed by atoms with Gasteiger partial charge in [0.15, 0.2) is 0 Å². The molecule has 1 aromatic heterocycles. The number of nitrogens with zero attached hydrogens (tertiary/aromatic N) is 5. The van der Waals surface area contributed by atoms with Gasteiger partial charge in [0.25, 0.3) is 0 Å². The predicted octanol–water partition coefficient (Wildman–Crippen LogP) is 3.09. The number of rotatable bonds is 5. The number of hydrogen-bond donors (Lipinski definition) is 2. The molecule has 196 valence electrons. The monoisotopic (exact) mass is 503 g/mol. The fourth-order valence-electron chi connectivity index (χ4n) is 6.45. The van der Waals surface area contributed by atoms with E-state index in [4.69, 9.17) is 4.98 Å². The molecule has 1 spiro atoms. The smallest absolute Gasteiger partial charge is 0.244 e. The summed E-state index contributed by atoms with van der Waals surface area (Å²) in [6.45, 7) is 9.28. The molecule has 0 unspecified atom stereocenters. The highest BCUT2D eigenvalue weighted by Gasteiger charge is 2.56. The van der Waals surface area contributed by atoms with Gasteiger partial charge in [0.1, 0.15) is 11.2 Å². The first kappa shape index (κ1) is 24.2. The minimum atomic E-state index is -1.01. The molecular weight excluding hydrogens is 466 g/mol. The molecule has 1 aliphatic carbocycles. The highest BCUT2D eigenvalue weighted by atomic mass is 16.2. The van der Waals surface area contributed by atoms with Gasteiger partial charge in [-0.2, -0.15) is 4.98 Å². The second-order valence-corrected chi connectivity index (χ2v) is 11.2. The number of fused-ring (bicyclic) bond motifs is 1. The fraction of sp³-hybridized carbons (Fsp3) is 0.571. The fourth-order valence-corrected chi connectivity index (χ4v) is 6.45. The van der Waals surface area contributed by atoms with Gasteiger partial charge in [-0.25, -0.2) is 4.98 Å². The van der Waals surface area contributed by atoms with Crippen molar-refractivity contribution in [3.05, 3.63) is 36.0 Å². The number of carbonyl (C=O) groups is 2. The number of anilines is 4. The first-order valence-corrected chi connectivity index (χ1v) is 13.8. The Balaban J connectivity index is 1.22. The molecule has 0 radical (unpaired) electrons. The number of carbonyl (C=O) groups excluding carboxylic acids is 2. The third kappa shape index (κ3) is 4.33. The van der Waals surface area contributed by atoms with Gasteiger partial charge < -0.3 is 15.5 Å². The molecule has 6 rings (SSSR count). The molecule has 2 amide bonds. The lowest BCUT2D eigenvalue weighted by Crippen LogP contribution is -2.56. The van der Waals surface area contributed by atoms with E-state index in [-0.39, 0.29) is 17.9 Å². The summed E-state index contributed by atoms with van der Waals surface area (Å²) in [5.74, 6) is 0.895. The summed E-state index contributed by atoms with van der Waals surface area (Å²) >= 11 is 0. The standard InChI is InChI=1S/C28H37N7O2/c1-19(2)33-13-15-34(16-14-33)22-9-7-21(8-10-22)31-27-30-18-20-17-28(11-12-29-25(28)36)26(37)35(24(20)32-27)23-5-3-4-6-23/h7-10,18-19,23H,3-6,11-17H2,1-2H3,(H,29,36)(H,30,31,32)/t28-/m1/s1.